The van der Waals surface area contributed by atoms with Crippen LogP contribution in [-0.4, -0.2) is 17.0 Å². The Morgan fingerprint density at radius 1 is 1.29 bits per heavy atom. The van der Waals surface area contributed by atoms with Crippen molar-refractivity contribution in [3.8, 4) is 11.5 Å². The summed E-state index contributed by atoms with van der Waals surface area (Å²) in [4.78, 5) is 11.5. The van der Waals surface area contributed by atoms with Crippen LogP contribution < -0.4 is 4.74 Å². The molecule has 0 spiro atoms. The molecule has 0 amide bonds. The van der Waals surface area contributed by atoms with E-state index in [9.17, 15) is 9.90 Å². The number of benzene rings is 1. The van der Waals surface area contributed by atoms with Crippen molar-refractivity contribution < 1.29 is 14.6 Å². The maximum Gasteiger partial charge on any atom is 0.167 e. The largest absolute Gasteiger partial charge is 0.507 e. The molecule has 92 valence electrons. The molecular weight excluding hydrogens is 216 g/mol. The van der Waals surface area contributed by atoms with Crippen LogP contribution in [-0.2, 0) is 0 Å². The lowest BCUT2D eigenvalue weighted by molar-refractivity contribution is 0.0997. The number of ketones is 1. The topological polar surface area (TPSA) is 46.5 Å². The highest BCUT2D eigenvalue weighted by atomic mass is 16.5. The zero-order valence-corrected chi connectivity index (χ0v) is 10.1. The summed E-state index contributed by atoms with van der Waals surface area (Å²) in [5.41, 5.74) is 0.304. The van der Waals surface area contributed by atoms with Crippen LogP contribution in [0.15, 0.2) is 18.2 Å². The van der Waals surface area contributed by atoms with E-state index in [2.05, 4.69) is 0 Å². The van der Waals surface area contributed by atoms with Crippen molar-refractivity contribution in [1.29, 1.82) is 0 Å². The molecule has 1 saturated carbocycles. The van der Waals surface area contributed by atoms with Gasteiger partial charge in [-0.05, 0) is 44.7 Å². The fourth-order valence-electron chi connectivity index (χ4n) is 2.33. The van der Waals surface area contributed by atoms with Crippen molar-refractivity contribution in [1.82, 2.24) is 0 Å². The predicted octanol–water partition coefficient (Wildman–Crippen LogP) is 3.31. The quantitative estimate of drug-likeness (QED) is 0.816. The highest BCUT2D eigenvalue weighted by Gasteiger charge is 2.19. The average Bonchev–Trinajstić information content (AvgIpc) is 2.30. The molecule has 0 aliphatic heterocycles. The van der Waals surface area contributed by atoms with Crippen molar-refractivity contribution in [2.75, 3.05) is 0 Å². The number of phenolic OH excluding ortho intramolecular Hbond substituents is 1. The second-order valence-electron chi connectivity index (χ2n) is 4.58. The third-order valence-corrected chi connectivity index (χ3v) is 3.20. The van der Waals surface area contributed by atoms with E-state index >= 15 is 0 Å². The predicted molar refractivity (Wildman–Crippen MR) is 65.6 cm³/mol. The second-order valence-corrected chi connectivity index (χ2v) is 4.58. The highest BCUT2D eigenvalue weighted by molar-refractivity contribution is 5.99. The molecule has 1 aromatic carbocycles. The summed E-state index contributed by atoms with van der Waals surface area (Å²) in [6.45, 7) is 1.45. The Labute approximate surface area is 101 Å². The Bertz CT molecular complexity index is 406. The molecule has 2 rings (SSSR count). The Morgan fingerprint density at radius 2 is 2.00 bits per heavy atom. The SMILES string of the molecule is CC(=O)c1c(O)cccc1OC1CCCCC1. The summed E-state index contributed by atoms with van der Waals surface area (Å²) >= 11 is 0. The van der Waals surface area contributed by atoms with Gasteiger partial charge in [-0.25, -0.2) is 0 Å². The summed E-state index contributed by atoms with van der Waals surface area (Å²) in [7, 11) is 0. The molecule has 0 unspecified atom stereocenters. The van der Waals surface area contributed by atoms with Crippen molar-refractivity contribution in [2.24, 2.45) is 0 Å². The first-order chi connectivity index (χ1) is 8.18. The van der Waals surface area contributed by atoms with Gasteiger partial charge in [0.2, 0.25) is 0 Å². The van der Waals surface area contributed by atoms with Crippen LogP contribution in [0.3, 0.4) is 0 Å². The van der Waals surface area contributed by atoms with E-state index in [1.807, 2.05) is 0 Å². The molecule has 1 aliphatic rings. The molecule has 17 heavy (non-hydrogen) atoms. The van der Waals surface area contributed by atoms with E-state index in [1.54, 1.807) is 12.1 Å². The van der Waals surface area contributed by atoms with Gasteiger partial charge >= 0.3 is 0 Å². The first kappa shape index (κ1) is 12.0. The Hall–Kier alpha value is -1.51. The number of aromatic hydroxyl groups is 1. The van der Waals surface area contributed by atoms with Gasteiger partial charge in [-0.15, -0.1) is 0 Å². The van der Waals surface area contributed by atoms with Crippen LogP contribution in [0, 0.1) is 0 Å². The molecule has 1 N–H and O–H groups in total. The first-order valence-electron chi connectivity index (χ1n) is 6.18. The fraction of sp³-hybridized carbons (Fsp3) is 0.500. The molecular formula is C14H18O3. The minimum atomic E-state index is -0.158. The van der Waals surface area contributed by atoms with E-state index in [1.165, 1.54) is 32.3 Å². The van der Waals surface area contributed by atoms with Gasteiger partial charge in [-0.1, -0.05) is 12.5 Å². The Kier molecular flexibility index (Phi) is 3.67. The van der Waals surface area contributed by atoms with Gasteiger partial charge in [-0.2, -0.15) is 0 Å². The minimum Gasteiger partial charge on any atom is -0.507 e. The van der Waals surface area contributed by atoms with Crippen LogP contribution >= 0.6 is 0 Å². The number of carbonyl (C=O) groups excluding carboxylic acids is 1. The van der Waals surface area contributed by atoms with Crippen molar-refractivity contribution in [3.63, 3.8) is 0 Å². The summed E-state index contributed by atoms with van der Waals surface area (Å²) in [5.74, 6) is 0.365. The van der Waals surface area contributed by atoms with Gasteiger partial charge in [0.05, 0.1) is 6.10 Å². The number of Topliss-reactive ketones (excluding diaryl/α,β-unsaturated/α-hetero) is 1. The second kappa shape index (κ2) is 5.21. The number of rotatable bonds is 3. The number of hydrogen-bond acceptors (Lipinski definition) is 3. The first-order valence-corrected chi connectivity index (χ1v) is 6.18. The van der Waals surface area contributed by atoms with E-state index in [0.29, 0.717) is 11.3 Å². The average molecular weight is 234 g/mol. The Morgan fingerprint density at radius 3 is 2.65 bits per heavy atom. The third kappa shape index (κ3) is 2.78. The molecule has 0 radical (unpaired) electrons. The lowest BCUT2D eigenvalue weighted by Gasteiger charge is -2.24. The molecule has 3 nitrogen and oxygen atoms in total. The molecule has 0 heterocycles. The van der Waals surface area contributed by atoms with Crippen molar-refractivity contribution >= 4 is 5.78 Å². The zero-order valence-electron chi connectivity index (χ0n) is 10.1. The van der Waals surface area contributed by atoms with Crippen LogP contribution in [0.1, 0.15) is 49.4 Å². The monoisotopic (exact) mass is 234 g/mol. The number of ether oxygens (including phenoxy) is 1. The van der Waals surface area contributed by atoms with Crippen molar-refractivity contribution in [2.45, 2.75) is 45.1 Å². The normalized spacial score (nSPS) is 16.8. The Balaban J connectivity index is 2.19. The lowest BCUT2D eigenvalue weighted by atomic mass is 9.97. The van der Waals surface area contributed by atoms with Gasteiger partial charge in [0.25, 0.3) is 0 Å². The summed E-state index contributed by atoms with van der Waals surface area (Å²) in [6.07, 6.45) is 5.88. The van der Waals surface area contributed by atoms with E-state index in [0.717, 1.165) is 12.8 Å². The fourth-order valence-corrected chi connectivity index (χ4v) is 2.33. The molecule has 1 fully saturated rings. The zero-order chi connectivity index (χ0) is 12.3. The van der Waals surface area contributed by atoms with Gasteiger partial charge in [-0.3, -0.25) is 4.79 Å². The maximum absolute atomic E-state index is 11.5. The van der Waals surface area contributed by atoms with E-state index < -0.39 is 0 Å². The number of hydrogen-bond donors (Lipinski definition) is 1. The highest BCUT2D eigenvalue weighted by Crippen LogP contribution is 2.31. The summed E-state index contributed by atoms with van der Waals surface area (Å²) in [6, 6.07) is 4.98. The van der Waals surface area contributed by atoms with Crippen molar-refractivity contribution in [3.05, 3.63) is 23.8 Å². The molecule has 0 atom stereocenters. The molecule has 0 saturated heterocycles. The maximum atomic E-state index is 11.5. The van der Waals surface area contributed by atoms with E-state index in [4.69, 9.17) is 4.74 Å². The van der Waals surface area contributed by atoms with Crippen LogP contribution in [0.4, 0.5) is 0 Å². The van der Waals surface area contributed by atoms with Gasteiger partial charge in [0.15, 0.2) is 5.78 Å². The number of carbonyl (C=O) groups is 1. The standard InChI is InChI=1S/C14H18O3/c1-10(15)14-12(16)8-5-9-13(14)17-11-6-3-2-4-7-11/h5,8-9,11,16H,2-4,6-7H2,1H3. The summed E-state index contributed by atoms with van der Waals surface area (Å²) < 4.78 is 5.85. The molecule has 0 bridgehead atoms. The molecule has 0 aromatic heterocycles. The van der Waals surface area contributed by atoms with E-state index in [-0.39, 0.29) is 17.6 Å². The summed E-state index contributed by atoms with van der Waals surface area (Å²) in [5, 5.41) is 9.69. The lowest BCUT2D eigenvalue weighted by Crippen LogP contribution is -2.20. The smallest absolute Gasteiger partial charge is 0.167 e. The number of phenols is 1. The van der Waals surface area contributed by atoms with Crippen LogP contribution in [0.2, 0.25) is 0 Å². The van der Waals surface area contributed by atoms with Crippen LogP contribution in [0.5, 0.6) is 11.5 Å². The third-order valence-electron chi connectivity index (χ3n) is 3.20. The molecule has 3 heteroatoms. The molecule has 1 aliphatic carbocycles. The van der Waals surface area contributed by atoms with Gasteiger partial charge in [0, 0.05) is 0 Å². The van der Waals surface area contributed by atoms with Crippen LogP contribution in [0.25, 0.3) is 0 Å². The van der Waals surface area contributed by atoms with Gasteiger partial charge < -0.3 is 9.84 Å². The minimum absolute atomic E-state index is 0.00538. The molecule has 1 aromatic rings. The van der Waals surface area contributed by atoms with Gasteiger partial charge in [0.1, 0.15) is 17.1 Å².